The molecular weight excluding hydrogens is 271 g/mol. The van der Waals surface area contributed by atoms with Crippen LogP contribution in [0.2, 0.25) is 0 Å². The zero-order valence-electron chi connectivity index (χ0n) is 12.4. The molecule has 0 saturated carbocycles. The van der Waals surface area contributed by atoms with Crippen molar-refractivity contribution in [3.63, 3.8) is 0 Å². The molecule has 0 aromatic heterocycles. The molecule has 1 fully saturated rings. The van der Waals surface area contributed by atoms with E-state index in [1.807, 2.05) is 11.8 Å². The lowest BCUT2D eigenvalue weighted by Gasteiger charge is -2.34. The molecule has 5 heteroatoms. The standard InChI is InChI=1S/C16H23FN2O2/c1-12(18)13-5-4-9-19(11-13)16(20)8-10-21-15-7-3-2-6-14(15)17/h2-3,6-7,12-13H,4-5,8-11,18H2,1H3. The van der Waals surface area contributed by atoms with Gasteiger partial charge in [0.25, 0.3) is 0 Å². The maximum Gasteiger partial charge on any atom is 0.226 e. The summed E-state index contributed by atoms with van der Waals surface area (Å²) in [6.07, 6.45) is 2.33. The number of piperidine rings is 1. The average molecular weight is 294 g/mol. The number of halogens is 1. The Labute approximate surface area is 125 Å². The van der Waals surface area contributed by atoms with E-state index in [9.17, 15) is 9.18 Å². The van der Waals surface area contributed by atoms with Crippen LogP contribution in [0.15, 0.2) is 24.3 Å². The van der Waals surface area contributed by atoms with Gasteiger partial charge in [0.05, 0.1) is 13.0 Å². The van der Waals surface area contributed by atoms with Gasteiger partial charge in [-0.05, 0) is 37.8 Å². The van der Waals surface area contributed by atoms with Gasteiger partial charge in [-0.25, -0.2) is 4.39 Å². The van der Waals surface area contributed by atoms with Crippen molar-refractivity contribution in [1.29, 1.82) is 0 Å². The Hall–Kier alpha value is -1.62. The van der Waals surface area contributed by atoms with Crippen LogP contribution in [0, 0.1) is 11.7 Å². The molecule has 2 N–H and O–H groups in total. The van der Waals surface area contributed by atoms with Gasteiger partial charge in [-0.15, -0.1) is 0 Å². The van der Waals surface area contributed by atoms with Crippen LogP contribution in [0.4, 0.5) is 4.39 Å². The highest BCUT2D eigenvalue weighted by molar-refractivity contribution is 5.76. The summed E-state index contributed by atoms with van der Waals surface area (Å²) in [4.78, 5) is 14.0. The van der Waals surface area contributed by atoms with Crippen LogP contribution in [-0.4, -0.2) is 36.5 Å². The predicted octanol–water partition coefficient (Wildman–Crippen LogP) is 2.18. The quantitative estimate of drug-likeness (QED) is 0.905. The monoisotopic (exact) mass is 294 g/mol. The Kier molecular flexibility index (Phi) is 5.56. The molecule has 2 rings (SSSR count). The third-order valence-electron chi connectivity index (χ3n) is 3.96. The molecule has 1 aromatic rings. The minimum absolute atomic E-state index is 0.0525. The molecule has 0 bridgehead atoms. The van der Waals surface area contributed by atoms with Crippen LogP contribution in [0.1, 0.15) is 26.2 Å². The van der Waals surface area contributed by atoms with Gasteiger partial charge in [0.15, 0.2) is 11.6 Å². The largest absolute Gasteiger partial charge is 0.490 e. The molecule has 1 heterocycles. The van der Waals surface area contributed by atoms with Crippen molar-refractivity contribution >= 4 is 5.91 Å². The number of amides is 1. The molecule has 0 radical (unpaired) electrons. The minimum atomic E-state index is -0.403. The van der Waals surface area contributed by atoms with E-state index < -0.39 is 5.82 Å². The maximum absolute atomic E-state index is 13.4. The highest BCUT2D eigenvalue weighted by Crippen LogP contribution is 2.20. The van der Waals surface area contributed by atoms with Gasteiger partial charge in [0.2, 0.25) is 5.91 Å². The van der Waals surface area contributed by atoms with E-state index in [0.29, 0.717) is 5.92 Å². The molecule has 4 nitrogen and oxygen atoms in total. The van der Waals surface area contributed by atoms with Crippen molar-refractivity contribution in [1.82, 2.24) is 4.90 Å². The van der Waals surface area contributed by atoms with E-state index >= 15 is 0 Å². The molecule has 1 aliphatic rings. The molecule has 2 atom stereocenters. The first-order valence-corrected chi connectivity index (χ1v) is 7.48. The fraction of sp³-hybridized carbons (Fsp3) is 0.562. The van der Waals surface area contributed by atoms with Crippen LogP contribution in [0.3, 0.4) is 0 Å². The zero-order valence-corrected chi connectivity index (χ0v) is 12.4. The Bertz CT molecular complexity index is 479. The fourth-order valence-corrected chi connectivity index (χ4v) is 2.63. The summed E-state index contributed by atoms with van der Waals surface area (Å²) in [6.45, 7) is 3.68. The van der Waals surface area contributed by atoms with Crippen molar-refractivity contribution in [3.05, 3.63) is 30.1 Å². The van der Waals surface area contributed by atoms with Gasteiger partial charge in [0, 0.05) is 19.1 Å². The SMILES string of the molecule is CC(N)C1CCCN(C(=O)CCOc2ccccc2F)C1. The Morgan fingerprint density at radius 2 is 2.29 bits per heavy atom. The second kappa shape index (κ2) is 7.41. The highest BCUT2D eigenvalue weighted by Gasteiger charge is 2.25. The van der Waals surface area contributed by atoms with Crippen molar-refractivity contribution in [2.75, 3.05) is 19.7 Å². The lowest BCUT2D eigenvalue weighted by atomic mass is 9.92. The van der Waals surface area contributed by atoms with Crippen molar-refractivity contribution in [3.8, 4) is 5.75 Å². The van der Waals surface area contributed by atoms with E-state index in [0.717, 1.165) is 25.9 Å². The summed E-state index contributed by atoms with van der Waals surface area (Å²) in [5.74, 6) is 0.212. The Morgan fingerprint density at radius 1 is 1.52 bits per heavy atom. The van der Waals surface area contributed by atoms with Crippen molar-refractivity contribution in [2.45, 2.75) is 32.2 Å². The number of hydrogen-bond acceptors (Lipinski definition) is 3. The number of ether oxygens (including phenoxy) is 1. The van der Waals surface area contributed by atoms with E-state index in [-0.39, 0.29) is 30.7 Å². The van der Waals surface area contributed by atoms with Crippen LogP contribution in [-0.2, 0) is 4.79 Å². The number of carbonyl (C=O) groups excluding carboxylic acids is 1. The van der Waals surface area contributed by atoms with E-state index in [1.54, 1.807) is 18.2 Å². The molecule has 0 spiro atoms. The first-order valence-electron chi connectivity index (χ1n) is 7.48. The molecule has 1 saturated heterocycles. The number of nitrogens with zero attached hydrogens (tertiary/aromatic N) is 1. The number of likely N-dealkylation sites (tertiary alicyclic amines) is 1. The van der Waals surface area contributed by atoms with Gasteiger partial charge in [-0.2, -0.15) is 0 Å². The smallest absolute Gasteiger partial charge is 0.226 e. The summed E-state index contributed by atoms with van der Waals surface area (Å²) in [6, 6.07) is 6.32. The number of carbonyl (C=O) groups is 1. The lowest BCUT2D eigenvalue weighted by Crippen LogP contribution is -2.45. The molecule has 21 heavy (non-hydrogen) atoms. The first kappa shape index (κ1) is 15.8. The lowest BCUT2D eigenvalue weighted by molar-refractivity contribution is -0.133. The topological polar surface area (TPSA) is 55.6 Å². The Morgan fingerprint density at radius 3 is 3.00 bits per heavy atom. The molecule has 1 amide bonds. The number of nitrogens with two attached hydrogens (primary N) is 1. The van der Waals surface area contributed by atoms with Crippen molar-refractivity contribution < 1.29 is 13.9 Å². The molecule has 1 aliphatic heterocycles. The molecular formula is C16H23FN2O2. The van der Waals surface area contributed by atoms with Gasteiger partial charge in [-0.3, -0.25) is 4.79 Å². The highest BCUT2D eigenvalue weighted by atomic mass is 19.1. The average Bonchev–Trinajstić information content (AvgIpc) is 2.49. The summed E-state index contributed by atoms with van der Waals surface area (Å²) >= 11 is 0. The normalized spacial score (nSPS) is 20.1. The van der Waals surface area contributed by atoms with Gasteiger partial charge in [-0.1, -0.05) is 12.1 Å². The van der Waals surface area contributed by atoms with Crippen LogP contribution in [0.25, 0.3) is 0 Å². The molecule has 116 valence electrons. The predicted molar refractivity (Wildman–Crippen MR) is 79.5 cm³/mol. The van der Waals surface area contributed by atoms with E-state index in [1.165, 1.54) is 6.07 Å². The number of benzene rings is 1. The molecule has 1 aromatic carbocycles. The number of para-hydroxylation sites is 1. The van der Waals surface area contributed by atoms with Gasteiger partial charge >= 0.3 is 0 Å². The maximum atomic E-state index is 13.4. The molecule has 2 unspecified atom stereocenters. The van der Waals surface area contributed by atoms with Gasteiger partial charge in [0.1, 0.15) is 0 Å². The minimum Gasteiger partial charge on any atom is -0.490 e. The third kappa shape index (κ3) is 4.43. The van der Waals surface area contributed by atoms with Gasteiger partial charge < -0.3 is 15.4 Å². The molecule has 0 aliphatic carbocycles. The van der Waals surface area contributed by atoms with Crippen LogP contribution in [0.5, 0.6) is 5.75 Å². The van der Waals surface area contributed by atoms with Crippen LogP contribution < -0.4 is 10.5 Å². The Balaban J connectivity index is 1.78. The summed E-state index contributed by atoms with van der Waals surface area (Å²) in [7, 11) is 0. The fourth-order valence-electron chi connectivity index (χ4n) is 2.63. The first-order chi connectivity index (χ1) is 10.1. The summed E-state index contributed by atoms with van der Waals surface area (Å²) < 4.78 is 18.7. The van der Waals surface area contributed by atoms with E-state index in [2.05, 4.69) is 0 Å². The number of rotatable bonds is 5. The van der Waals surface area contributed by atoms with E-state index in [4.69, 9.17) is 10.5 Å². The summed E-state index contributed by atoms with van der Waals surface area (Å²) in [5, 5.41) is 0. The van der Waals surface area contributed by atoms with Crippen LogP contribution >= 0.6 is 0 Å². The number of hydrogen-bond donors (Lipinski definition) is 1. The third-order valence-corrected chi connectivity index (χ3v) is 3.96. The summed E-state index contributed by atoms with van der Waals surface area (Å²) in [5.41, 5.74) is 5.92. The second-order valence-electron chi connectivity index (χ2n) is 5.63. The van der Waals surface area contributed by atoms with Crippen molar-refractivity contribution in [2.24, 2.45) is 11.7 Å². The zero-order chi connectivity index (χ0) is 15.2. The second-order valence-corrected chi connectivity index (χ2v) is 5.63.